The Morgan fingerprint density at radius 2 is 2.40 bits per heavy atom. The van der Waals surface area contributed by atoms with Gasteiger partial charge in [0.05, 0.1) is 6.20 Å². The van der Waals surface area contributed by atoms with Crippen LogP contribution in [0.15, 0.2) is 29.0 Å². The van der Waals surface area contributed by atoms with Crippen LogP contribution in [0, 0.1) is 0 Å². The van der Waals surface area contributed by atoms with Gasteiger partial charge in [-0.05, 0) is 20.3 Å². The maximum atomic E-state index is 4.10. The third-order valence-electron chi connectivity index (χ3n) is 2.03. The van der Waals surface area contributed by atoms with Crippen molar-refractivity contribution in [3.8, 4) is 0 Å². The largest absolute Gasteiger partial charge is 0.269 e. The van der Waals surface area contributed by atoms with Gasteiger partial charge in [0.15, 0.2) is 0 Å². The lowest BCUT2D eigenvalue weighted by molar-refractivity contribution is 0.936. The van der Waals surface area contributed by atoms with E-state index in [2.05, 4.69) is 40.3 Å². The molecule has 0 unspecified atom stereocenters. The van der Waals surface area contributed by atoms with Crippen molar-refractivity contribution in [2.75, 3.05) is 0 Å². The second kappa shape index (κ2) is 5.90. The fourth-order valence-electron chi connectivity index (χ4n) is 1.04. The zero-order chi connectivity index (χ0) is 11.1. The lowest BCUT2D eigenvalue weighted by Gasteiger charge is -1.98. The van der Waals surface area contributed by atoms with E-state index in [1.807, 2.05) is 6.92 Å². The predicted octanol–water partition coefficient (Wildman–Crippen LogP) is 2.59. The van der Waals surface area contributed by atoms with Gasteiger partial charge in [0, 0.05) is 18.0 Å². The van der Waals surface area contributed by atoms with E-state index in [-0.39, 0.29) is 0 Å². The van der Waals surface area contributed by atoms with Crippen molar-refractivity contribution in [1.82, 2.24) is 15.4 Å². The van der Waals surface area contributed by atoms with Gasteiger partial charge >= 0.3 is 0 Å². The lowest BCUT2D eigenvalue weighted by Crippen LogP contribution is -1.83. The van der Waals surface area contributed by atoms with Gasteiger partial charge in [0.25, 0.3) is 0 Å². The van der Waals surface area contributed by atoms with Crippen LogP contribution in [0.3, 0.4) is 0 Å². The van der Waals surface area contributed by atoms with Crippen LogP contribution in [-0.2, 0) is 0 Å². The van der Waals surface area contributed by atoms with Gasteiger partial charge in [-0.15, -0.1) is 0 Å². The first kappa shape index (κ1) is 11.4. The summed E-state index contributed by atoms with van der Waals surface area (Å²) in [5.41, 5.74) is 3.07. The maximum absolute atomic E-state index is 4.10. The molecule has 0 aromatic carbocycles. The van der Waals surface area contributed by atoms with E-state index in [9.17, 15) is 0 Å². The van der Waals surface area contributed by atoms with Crippen LogP contribution < -0.4 is 0 Å². The second-order valence-corrected chi connectivity index (χ2v) is 3.19. The van der Waals surface area contributed by atoms with Crippen molar-refractivity contribution in [2.24, 2.45) is 4.99 Å². The number of nitrogens with one attached hydrogen (secondary N) is 1. The third kappa shape index (κ3) is 3.50. The number of aromatic nitrogens is 3. The van der Waals surface area contributed by atoms with Crippen LogP contribution in [0.5, 0.6) is 0 Å². The minimum atomic E-state index is 0.813. The minimum Gasteiger partial charge on any atom is -0.269 e. The molecule has 4 nitrogen and oxygen atoms in total. The smallest absolute Gasteiger partial charge is 0.114 e. The molecule has 0 saturated heterocycles. The monoisotopic (exact) mass is 204 g/mol. The van der Waals surface area contributed by atoms with Gasteiger partial charge in [-0.2, -0.15) is 15.4 Å². The molecule has 0 bridgehead atoms. The zero-order valence-corrected chi connectivity index (χ0v) is 9.36. The SMILES string of the molecule is CC=N/C=C(\C=C(/C)CC)c1cn[nH]n1. The number of nitrogens with zero attached hydrogens (tertiary/aromatic N) is 3. The summed E-state index contributed by atoms with van der Waals surface area (Å²) in [5, 5.41) is 10.4. The highest BCUT2D eigenvalue weighted by atomic mass is 15.3. The first-order chi connectivity index (χ1) is 7.27. The van der Waals surface area contributed by atoms with Crippen molar-refractivity contribution < 1.29 is 0 Å². The third-order valence-corrected chi connectivity index (χ3v) is 2.03. The van der Waals surface area contributed by atoms with Gasteiger partial charge < -0.3 is 0 Å². The Bertz CT molecular complexity index is 371. The quantitative estimate of drug-likeness (QED) is 0.605. The van der Waals surface area contributed by atoms with E-state index in [1.54, 1.807) is 18.6 Å². The molecule has 80 valence electrons. The Morgan fingerprint density at radius 3 is 2.93 bits per heavy atom. The number of aliphatic imine (C=N–C) groups is 1. The number of rotatable bonds is 4. The fourth-order valence-corrected chi connectivity index (χ4v) is 1.04. The van der Waals surface area contributed by atoms with Gasteiger partial charge in [-0.1, -0.05) is 18.6 Å². The van der Waals surface area contributed by atoms with Crippen molar-refractivity contribution >= 4 is 11.8 Å². The number of H-pyrrole nitrogens is 1. The van der Waals surface area contributed by atoms with E-state index in [0.717, 1.165) is 17.7 Å². The topological polar surface area (TPSA) is 53.9 Å². The van der Waals surface area contributed by atoms with E-state index in [4.69, 9.17) is 0 Å². The van der Waals surface area contributed by atoms with Crippen LogP contribution in [0.1, 0.15) is 32.9 Å². The second-order valence-electron chi connectivity index (χ2n) is 3.19. The molecular weight excluding hydrogens is 188 g/mol. The molecule has 1 aromatic rings. The maximum Gasteiger partial charge on any atom is 0.114 e. The summed E-state index contributed by atoms with van der Waals surface area (Å²) in [6, 6.07) is 0. The molecule has 0 aliphatic carbocycles. The fraction of sp³-hybridized carbons (Fsp3) is 0.364. The summed E-state index contributed by atoms with van der Waals surface area (Å²) in [4.78, 5) is 4.10. The molecule has 0 aliphatic heterocycles. The highest BCUT2D eigenvalue weighted by Crippen LogP contribution is 2.15. The first-order valence-electron chi connectivity index (χ1n) is 4.99. The van der Waals surface area contributed by atoms with E-state index in [0.29, 0.717) is 0 Å². The molecule has 0 fully saturated rings. The highest BCUT2D eigenvalue weighted by molar-refractivity contribution is 5.72. The Balaban J connectivity index is 2.99. The van der Waals surface area contributed by atoms with Crippen molar-refractivity contribution in [1.29, 1.82) is 0 Å². The first-order valence-corrected chi connectivity index (χ1v) is 4.99. The van der Waals surface area contributed by atoms with Crippen LogP contribution >= 0.6 is 0 Å². The molecule has 0 atom stereocenters. The van der Waals surface area contributed by atoms with E-state index >= 15 is 0 Å². The summed E-state index contributed by atoms with van der Waals surface area (Å²) in [5.74, 6) is 0. The van der Waals surface area contributed by atoms with Gasteiger partial charge in [-0.3, -0.25) is 4.99 Å². The normalized spacial score (nSPS) is 13.8. The molecule has 4 heteroatoms. The standard InChI is InChI=1S/C11H16N4/c1-4-9(3)6-10(7-12-5-2)11-8-13-15-14-11/h5-8H,4H2,1-3H3,(H,13,14,15)/b9-6+,10-7+,12-5?. The average molecular weight is 204 g/mol. The Morgan fingerprint density at radius 1 is 1.60 bits per heavy atom. The molecular formula is C11H16N4. The molecule has 0 amide bonds. The summed E-state index contributed by atoms with van der Waals surface area (Å²) < 4.78 is 0. The molecule has 0 radical (unpaired) electrons. The molecule has 0 spiro atoms. The van der Waals surface area contributed by atoms with Crippen molar-refractivity contribution in [2.45, 2.75) is 27.2 Å². The van der Waals surface area contributed by atoms with Crippen LogP contribution in [0.25, 0.3) is 5.57 Å². The van der Waals surface area contributed by atoms with E-state index in [1.165, 1.54) is 5.57 Å². The molecule has 0 saturated carbocycles. The van der Waals surface area contributed by atoms with Gasteiger partial charge in [-0.25, -0.2) is 0 Å². The molecule has 15 heavy (non-hydrogen) atoms. The molecule has 1 rings (SSSR count). The Hall–Kier alpha value is -1.71. The minimum absolute atomic E-state index is 0.813. The molecule has 1 aromatic heterocycles. The van der Waals surface area contributed by atoms with Crippen LogP contribution in [0.2, 0.25) is 0 Å². The zero-order valence-electron chi connectivity index (χ0n) is 9.36. The number of allylic oxidation sites excluding steroid dienone is 3. The molecule has 1 N–H and O–H groups in total. The van der Waals surface area contributed by atoms with E-state index < -0.39 is 0 Å². The Kier molecular flexibility index (Phi) is 4.47. The van der Waals surface area contributed by atoms with Gasteiger partial charge in [0.2, 0.25) is 0 Å². The summed E-state index contributed by atoms with van der Waals surface area (Å²) >= 11 is 0. The van der Waals surface area contributed by atoms with Crippen LogP contribution in [0.4, 0.5) is 0 Å². The number of hydrogen-bond acceptors (Lipinski definition) is 3. The number of aromatic amines is 1. The van der Waals surface area contributed by atoms with Crippen LogP contribution in [-0.4, -0.2) is 21.6 Å². The summed E-state index contributed by atoms with van der Waals surface area (Å²) in [6.07, 6.45) is 8.32. The number of hydrogen-bond donors (Lipinski definition) is 1. The predicted molar refractivity (Wildman–Crippen MR) is 62.6 cm³/mol. The van der Waals surface area contributed by atoms with Crippen molar-refractivity contribution in [3.05, 3.63) is 29.7 Å². The molecule has 0 aliphatic rings. The lowest BCUT2D eigenvalue weighted by atomic mass is 10.1. The summed E-state index contributed by atoms with van der Waals surface area (Å²) in [6.45, 7) is 6.09. The average Bonchev–Trinajstić information content (AvgIpc) is 2.77. The molecule has 1 heterocycles. The summed E-state index contributed by atoms with van der Waals surface area (Å²) in [7, 11) is 0. The van der Waals surface area contributed by atoms with Gasteiger partial charge in [0.1, 0.15) is 5.69 Å². The van der Waals surface area contributed by atoms with Crippen molar-refractivity contribution in [3.63, 3.8) is 0 Å². The Labute approximate surface area is 89.8 Å². The highest BCUT2D eigenvalue weighted by Gasteiger charge is 2.01.